The fourth-order valence-electron chi connectivity index (χ4n) is 2.61. The van der Waals surface area contributed by atoms with Crippen molar-refractivity contribution in [1.82, 2.24) is 31.2 Å². The molecule has 0 saturated carbocycles. The summed E-state index contributed by atoms with van der Waals surface area (Å²) in [5.41, 5.74) is 7.71. The molecule has 0 saturated heterocycles. The average molecular weight is 384 g/mol. The molecule has 10 heteroatoms. The third kappa shape index (κ3) is 3.90. The van der Waals surface area contributed by atoms with Crippen molar-refractivity contribution < 1.29 is 14.3 Å². The zero-order valence-corrected chi connectivity index (χ0v) is 15.0. The van der Waals surface area contributed by atoms with Gasteiger partial charge in [0.05, 0.1) is 5.52 Å². The summed E-state index contributed by atoms with van der Waals surface area (Å²) in [4.78, 5) is 12.1. The maximum absolute atomic E-state index is 12.1. The number of carbonyl (C=O) groups is 1. The first kappa shape index (κ1) is 17.0. The maximum Gasteiger partial charge on any atom is 0.260 e. The summed E-state index contributed by atoms with van der Waals surface area (Å²) in [6.07, 6.45) is 0. The lowest BCUT2D eigenvalue weighted by atomic mass is 10.2. The Morgan fingerprint density at radius 2 is 2.00 bits per heavy atom. The number of hydrogen-bond acceptors (Lipinski definition) is 6. The molecule has 0 radical (unpaired) electrons. The van der Waals surface area contributed by atoms with Gasteiger partial charge in [-0.2, -0.15) is 0 Å². The molecular weight excluding hydrogens is 368 g/mol. The molecule has 3 aromatic rings. The van der Waals surface area contributed by atoms with E-state index in [1.54, 1.807) is 0 Å². The first-order chi connectivity index (χ1) is 13.2. The first-order valence-corrected chi connectivity index (χ1v) is 8.59. The van der Waals surface area contributed by atoms with Crippen LogP contribution >= 0.6 is 12.2 Å². The zero-order valence-electron chi connectivity index (χ0n) is 14.1. The fraction of sp³-hybridized carbons (Fsp3) is 0.176. The Morgan fingerprint density at radius 3 is 2.93 bits per heavy atom. The van der Waals surface area contributed by atoms with Crippen LogP contribution in [0.5, 0.6) is 11.5 Å². The van der Waals surface area contributed by atoms with Gasteiger partial charge in [-0.1, -0.05) is 23.4 Å². The van der Waals surface area contributed by atoms with Gasteiger partial charge in [0.2, 0.25) is 6.79 Å². The molecular formula is C17H16N6O3S. The summed E-state index contributed by atoms with van der Waals surface area (Å²) in [6.45, 7) is 0.740. The van der Waals surface area contributed by atoms with Crippen molar-refractivity contribution in [3.8, 4) is 11.5 Å². The smallest absolute Gasteiger partial charge is 0.260 e. The van der Waals surface area contributed by atoms with Crippen LogP contribution in [-0.2, 0) is 17.9 Å². The zero-order chi connectivity index (χ0) is 18.6. The molecule has 1 aliphatic heterocycles. The van der Waals surface area contributed by atoms with E-state index in [4.69, 9.17) is 21.7 Å². The summed E-state index contributed by atoms with van der Waals surface area (Å²) < 4.78 is 12.1. The summed E-state index contributed by atoms with van der Waals surface area (Å²) in [7, 11) is 0. The minimum Gasteiger partial charge on any atom is -0.454 e. The van der Waals surface area contributed by atoms with E-state index in [-0.39, 0.29) is 19.2 Å². The predicted molar refractivity (Wildman–Crippen MR) is 101 cm³/mol. The number of ether oxygens (including phenoxy) is 2. The van der Waals surface area contributed by atoms with Gasteiger partial charge in [-0.15, -0.1) is 5.10 Å². The van der Waals surface area contributed by atoms with Gasteiger partial charge in [-0.3, -0.25) is 15.6 Å². The molecule has 0 spiro atoms. The van der Waals surface area contributed by atoms with Crippen LogP contribution in [0, 0.1) is 0 Å². The van der Waals surface area contributed by atoms with Gasteiger partial charge in [0.25, 0.3) is 5.91 Å². The topological polar surface area (TPSA) is 102 Å². The van der Waals surface area contributed by atoms with Gasteiger partial charge in [-0.25, -0.2) is 4.68 Å². The molecule has 138 valence electrons. The Bertz CT molecular complexity index is 1010. The van der Waals surface area contributed by atoms with Crippen LogP contribution in [0.4, 0.5) is 0 Å². The summed E-state index contributed by atoms with van der Waals surface area (Å²) in [5.74, 6) is 1.15. The Morgan fingerprint density at radius 1 is 1.15 bits per heavy atom. The normalized spacial score (nSPS) is 12.0. The van der Waals surface area contributed by atoms with Crippen molar-refractivity contribution in [2.24, 2.45) is 0 Å². The third-order valence-corrected chi connectivity index (χ3v) is 4.17. The van der Waals surface area contributed by atoms with Crippen LogP contribution in [0.2, 0.25) is 0 Å². The van der Waals surface area contributed by atoms with Gasteiger partial charge in [0.15, 0.2) is 16.6 Å². The van der Waals surface area contributed by atoms with Crippen LogP contribution in [0.25, 0.3) is 11.0 Å². The van der Waals surface area contributed by atoms with Crippen LogP contribution in [0.1, 0.15) is 5.56 Å². The molecule has 0 bridgehead atoms. The van der Waals surface area contributed by atoms with E-state index in [0.29, 0.717) is 17.4 Å². The lowest BCUT2D eigenvalue weighted by Crippen LogP contribution is -2.47. The van der Waals surface area contributed by atoms with E-state index in [1.165, 1.54) is 4.68 Å². The van der Waals surface area contributed by atoms with Gasteiger partial charge in [0.1, 0.15) is 12.1 Å². The Kier molecular flexibility index (Phi) is 4.71. The summed E-state index contributed by atoms with van der Waals surface area (Å²) >= 11 is 5.17. The number of carbonyl (C=O) groups excluding carboxylic acids is 1. The van der Waals surface area contributed by atoms with Crippen molar-refractivity contribution in [2.75, 3.05) is 6.79 Å². The van der Waals surface area contributed by atoms with Crippen LogP contribution in [0.3, 0.4) is 0 Å². The summed E-state index contributed by atoms with van der Waals surface area (Å²) in [5, 5.41) is 11.3. The van der Waals surface area contributed by atoms with E-state index in [0.717, 1.165) is 22.3 Å². The molecule has 0 atom stereocenters. The van der Waals surface area contributed by atoms with Gasteiger partial charge in [0, 0.05) is 6.54 Å². The number of aromatic nitrogens is 3. The monoisotopic (exact) mass is 384 g/mol. The second-order valence-electron chi connectivity index (χ2n) is 5.78. The minimum absolute atomic E-state index is 0.0261. The second-order valence-corrected chi connectivity index (χ2v) is 6.19. The SMILES string of the molecule is O=C(Cn1nnc2ccccc21)NNC(=S)NCc1ccc2c(c1)OCO2. The molecule has 27 heavy (non-hydrogen) atoms. The van der Waals surface area contributed by atoms with Crippen molar-refractivity contribution in [2.45, 2.75) is 13.1 Å². The van der Waals surface area contributed by atoms with E-state index >= 15 is 0 Å². The van der Waals surface area contributed by atoms with Gasteiger partial charge >= 0.3 is 0 Å². The van der Waals surface area contributed by atoms with Crippen molar-refractivity contribution in [3.63, 3.8) is 0 Å². The van der Waals surface area contributed by atoms with Crippen molar-refractivity contribution in [1.29, 1.82) is 0 Å². The highest BCUT2D eigenvalue weighted by molar-refractivity contribution is 7.80. The van der Waals surface area contributed by atoms with E-state index in [9.17, 15) is 4.79 Å². The maximum atomic E-state index is 12.1. The molecule has 2 aromatic carbocycles. The lowest BCUT2D eigenvalue weighted by Gasteiger charge is -2.12. The molecule has 1 aliphatic rings. The highest BCUT2D eigenvalue weighted by Gasteiger charge is 2.13. The number of nitrogens with zero attached hydrogens (tertiary/aromatic N) is 3. The van der Waals surface area contributed by atoms with Crippen LogP contribution in [-0.4, -0.2) is 32.8 Å². The molecule has 0 fully saturated rings. The molecule has 2 heterocycles. The molecule has 3 N–H and O–H groups in total. The molecule has 1 amide bonds. The predicted octanol–water partition coefficient (Wildman–Crippen LogP) is 0.855. The number of hydrazine groups is 1. The van der Waals surface area contributed by atoms with E-state index < -0.39 is 0 Å². The largest absolute Gasteiger partial charge is 0.454 e. The quantitative estimate of drug-likeness (QED) is 0.450. The van der Waals surface area contributed by atoms with E-state index in [2.05, 4.69) is 26.5 Å². The van der Waals surface area contributed by atoms with E-state index in [1.807, 2.05) is 42.5 Å². The number of hydrogen-bond donors (Lipinski definition) is 3. The average Bonchev–Trinajstić information content (AvgIpc) is 3.31. The molecule has 9 nitrogen and oxygen atoms in total. The fourth-order valence-corrected chi connectivity index (χ4v) is 2.74. The molecule has 1 aromatic heterocycles. The number of nitrogens with one attached hydrogen (secondary N) is 3. The molecule has 0 unspecified atom stereocenters. The number of para-hydroxylation sites is 1. The second kappa shape index (κ2) is 7.46. The number of fused-ring (bicyclic) bond motifs is 2. The number of amides is 1. The van der Waals surface area contributed by atoms with Crippen LogP contribution in [0.15, 0.2) is 42.5 Å². The Balaban J connectivity index is 1.24. The third-order valence-electron chi connectivity index (χ3n) is 3.92. The lowest BCUT2D eigenvalue weighted by molar-refractivity contribution is -0.122. The highest BCUT2D eigenvalue weighted by atomic mass is 32.1. The Labute approximate surface area is 159 Å². The highest BCUT2D eigenvalue weighted by Crippen LogP contribution is 2.32. The van der Waals surface area contributed by atoms with Gasteiger partial charge in [-0.05, 0) is 42.0 Å². The number of benzene rings is 2. The van der Waals surface area contributed by atoms with Crippen molar-refractivity contribution >= 4 is 34.3 Å². The molecule has 4 rings (SSSR count). The van der Waals surface area contributed by atoms with Gasteiger partial charge < -0.3 is 14.8 Å². The van der Waals surface area contributed by atoms with Crippen molar-refractivity contribution in [3.05, 3.63) is 48.0 Å². The molecule has 0 aliphatic carbocycles. The number of rotatable bonds is 4. The van der Waals surface area contributed by atoms with Crippen LogP contribution < -0.4 is 25.6 Å². The first-order valence-electron chi connectivity index (χ1n) is 8.18. The minimum atomic E-state index is -0.294. The Hall–Kier alpha value is -3.40. The standard InChI is InChI=1S/C17H16N6O3S/c24-16(9-23-13-4-2-1-3-12(13)19-22-23)20-21-17(27)18-8-11-5-6-14-15(7-11)26-10-25-14/h1-7H,8-10H2,(H,20,24)(H2,18,21,27). The summed E-state index contributed by atoms with van der Waals surface area (Å²) in [6, 6.07) is 13.1. The number of thiocarbonyl (C=S) groups is 1.